The average molecular weight is 459 g/mol. The number of amides is 1. The highest BCUT2D eigenvalue weighted by Gasteiger charge is 2.35. The lowest BCUT2D eigenvalue weighted by Gasteiger charge is -2.41. The number of nitrogens with zero attached hydrogens (tertiary/aromatic N) is 2. The smallest absolute Gasteiger partial charge is 0.289 e. The minimum absolute atomic E-state index is 0.0495. The Bertz CT molecular complexity index is 1080. The van der Waals surface area contributed by atoms with Crippen molar-refractivity contribution in [3.8, 4) is 5.75 Å². The van der Waals surface area contributed by atoms with E-state index in [0.717, 1.165) is 50.9 Å². The molecule has 3 aromatic rings. The largest absolute Gasteiger partial charge is 0.497 e. The minimum atomic E-state index is -0.0495. The molecular formula is C29H34N2O3. The third-order valence-corrected chi connectivity index (χ3v) is 7.79. The van der Waals surface area contributed by atoms with Crippen molar-refractivity contribution in [2.24, 2.45) is 5.92 Å². The van der Waals surface area contributed by atoms with E-state index in [4.69, 9.17) is 9.15 Å². The van der Waals surface area contributed by atoms with E-state index in [1.165, 1.54) is 16.7 Å². The fourth-order valence-corrected chi connectivity index (χ4v) is 5.85. The molecule has 1 unspecified atom stereocenters. The van der Waals surface area contributed by atoms with Crippen LogP contribution in [0.15, 0.2) is 71.3 Å². The summed E-state index contributed by atoms with van der Waals surface area (Å²) >= 11 is 0. The second kappa shape index (κ2) is 10.1. The summed E-state index contributed by atoms with van der Waals surface area (Å²) in [5.74, 6) is 1.65. The van der Waals surface area contributed by atoms with Crippen LogP contribution in [-0.4, -0.2) is 55.0 Å². The Kier molecular flexibility index (Phi) is 6.73. The molecule has 34 heavy (non-hydrogen) atoms. The van der Waals surface area contributed by atoms with Gasteiger partial charge in [0.25, 0.3) is 5.91 Å². The van der Waals surface area contributed by atoms with Gasteiger partial charge >= 0.3 is 0 Å². The molecule has 0 bridgehead atoms. The Balaban J connectivity index is 1.29. The fourth-order valence-electron chi connectivity index (χ4n) is 5.85. The first-order valence-corrected chi connectivity index (χ1v) is 12.4. The number of likely N-dealkylation sites (tertiary alicyclic amines) is 1. The monoisotopic (exact) mass is 458 g/mol. The van der Waals surface area contributed by atoms with Crippen molar-refractivity contribution in [2.75, 3.05) is 27.2 Å². The van der Waals surface area contributed by atoms with E-state index in [-0.39, 0.29) is 11.9 Å². The van der Waals surface area contributed by atoms with Gasteiger partial charge in [0.2, 0.25) is 0 Å². The van der Waals surface area contributed by atoms with E-state index >= 15 is 0 Å². The molecule has 0 N–H and O–H groups in total. The predicted molar refractivity (Wildman–Crippen MR) is 133 cm³/mol. The van der Waals surface area contributed by atoms with Crippen LogP contribution in [0.3, 0.4) is 0 Å². The van der Waals surface area contributed by atoms with Gasteiger partial charge in [0.05, 0.1) is 13.4 Å². The SMILES string of the molecule is COc1cccc(CC(C2CCN(C3Cc4ccccc4C3)CC2)N(C)C(=O)c2ccco2)c1. The number of benzene rings is 2. The first-order chi connectivity index (χ1) is 16.6. The third kappa shape index (κ3) is 4.76. The second-order valence-corrected chi connectivity index (χ2v) is 9.72. The molecule has 1 fully saturated rings. The molecule has 1 aromatic heterocycles. The molecule has 1 atom stereocenters. The van der Waals surface area contributed by atoms with Crippen LogP contribution >= 0.6 is 0 Å². The standard InChI is InChI=1S/C29H34N2O3/c1-30(29(32)28-11-6-16-34-28)27(18-21-7-5-10-26(17-21)33-2)22-12-14-31(15-13-22)25-19-23-8-3-4-9-24(23)20-25/h3-11,16-17,22,25,27H,12-15,18-20H2,1-2H3. The van der Waals surface area contributed by atoms with Crippen LogP contribution in [0.25, 0.3) is 0 Å². The average Bonchev–Trinajstić information content (AvgIpc) is 3.57. The van der Waals surface area contributed by atoms with Crippen LogP contribution in [0, 0.1) is 5.92 Å². The number of fused-ring (bicyclic) bond motifs is 1. The predicted octanol–water partition coefficient (Wildman–Crippen LogP) is 4.85. The number of hydrogen-bond donors (Lipinski definition) is 0. The van der Waals surface area contributed by atoms with Crippen molar-refractivity contribution in [3.05, 3.63) is 89.4 Å². The van der Waals surface area contributed by atoms with E-state index in [1.54, 1.807) is 25.5 Å². The molecule has 0 spiro atoms. The summed E-state index contributed by atoms with van der Waals surface area (Å²) in [5.41, 5.74) is 4.21. The summed E-state index contributed by atoms with van der Waals surface area (Å²) < 4.78 is 10.9. The van der Waals surface area contributed by atoms with Crippen molar-refractivity contribution in [1.82, 2.24) is 9.80 Å². The molecule has 2 aromatic carbocycles. The maximum absolute atomic E-state index is 13.2. The van der Waals surface area contributed by atoms with E-state index in [1.807, 2.05) is 24.1 Å². The number of methoxy groups -OCH3 is 1. The van der Waals surface area contributed by atoms with E-state index in [2.05, 4.69) is 41.3 Å². The first-order valence-electron chi connectivity index (χ1n) is 12.4. The number of furan rings is 1. The molecule has 0 saturated carbocycles. The van der Waals surface area contributed by atoms with Gasteiger partial charge in [-0.15, -0.1) is 0 Å². The lowest BCUT2D eigenvalue weighted by molar-refractivity contribution is 0.0522. The summed E-state index contributed by atoms with van der Waals surface area (Å²) in [7, 11) is 3.62. The quantitative estimate of drug-likeness (QED) is 0.508. The molecule has 1 aliphatic carbocycles. The number of hydrogen-bond acceptors (Lipinski definition) is 4. The maximum Gasteiger partial charge on any atom is 0.289 e. The van der Waals surface area contributed by atoms with Crippen LogP contribution in [0.4, 0.5) is 0 Å². The number of piperidine rings is 1. The summed E-state index contributed by atoms with van der Waals surface area (Å²) in [6.45, 7) is 2.17. The molecule has 1 saturated heterocycles. The number of rotatable bonds is 7. The molecule has 5 heteroatoms. The molecule has 2 heterocycles. The molecule has 178 valence electrons. The number of likely N-dealkylation sites (N-methyl/N-ethyl adjacent to an activating group) is 1. The van der Waals surface area contributed by atoms with Gasteiger partial charge in [-0.1, -0.05) is 36.4 Å². The van der Waals surface area contributed by atoms with Gasteiger partial charge in [-0.05, 0) is 92.1 Å². The Morgan fingerprint density at radius 1 is 1.06 bits per heavy atom. The van der Waals surface area contributed by atoms with Crippen molar-refractivity contribution in [2.45, 2.75) is 44.2 Å². The summed E-state index contributed by atoms with van der Waals surface area (Å²) in [5, 5.41) is 0. The molecule has 2 aliphatic rings. The van der Waals surface area contributed by atoms with E-state index < -0.39 is 0 Å². The van der Waals surface area contributed by atoms with Crippen LogP contribution < -0.4 is 4.74 Å². The highest BCUT2D eigenvalue weighted by atomic mass is 16.5. The molecule has 5 nitrogen and oxygen atoms in total. The van der Waals surface area contributed by atoms with Crippen molar-refractivity contribution >= 4 is 5.91 Å². The topological polar surface area (TPSA) is 45.9 Å². The van der Waals surface area contributed by atoms with Crippen LogP contribution in [-0.2, 0) is 19.3 Å². The minimum Gasteiger partial charge on any atom is -0.497 e. The van der Waals surface area contributed by atoms with Crippen LogP contribution in [0.2, 0.25) is 0 Å². The molecule has 1 amide bonds. The molecule has 1 aliphatic heterocycles. The van der Waals surface area contributed by atoms with Gasteiger partial charge in [-0.3, -0.25) is 9.69 Å². The third-order valence-electron chi connectivity index (χ3n) is 7.79. The van der Waals surface area contributed by atoms with Gasteiger partial charge < -0.3 is 14.1 Å². The lowest BCUT2D eigenvalue weighted by Crippen LogP contribution is -2.49. The van der Waals surface area contributed by atoms with E-state index in [9.17, 15) is 4.79 Å². The highest BCUT2D eigenvalue weighted by Crippen LogP contribution is 2.32. The Morgan fingerprint density at radius 2 is 1.79 bits per heavy atom. The van der Waals surface area contributed by atoms with Crippen molar-refractivity contribution in [3.63, 3.8) is 0 Å². The number of carbonyl (C=O) groups excluding carboxylic acids is 1. The van der Waals surface area contributed by atoms with Crippen molar-refractivity contribution < 1.29 is 13.9 Å². The maximum atomic E-state index is 13.2. The normalized spacial score (nSPS) is 17.9. The Morgan fingerprint density at radius 3 is 2.44 bits per heavy atom. The summed E-state index contributed by atoms with van der Waals surface area (Å²) in [4.78, 5) is 17.8. The fraction of sp³-hybridized carbons (Fsp3) is 0.414. The van der Waals surface area contributed by atoms with Crippen molar-refractivity contribution in [1.29, 1.82) is 0 Å². The summed E-state index contributed by atoms with van der Waals surface area (Å²) in [6, 6.07) is 21.3. The van der Waals surface area contributed by atoms with Gasteiger partial charge in [-0.25, -0.2) is 0 Å². The summed E-state index contributed by atoms with van der Waals surface area (Å²) in [6.07, 6.45) is 6.88. The van der Waals surface area contributed by atoms with Gasteiger partial charge in [0.1, 0.15) is 5.75 Å². The molecular weight excluding hydrogens is 424 g/mol. The zero-order valence-electron chi connectivity index (χ0n) is 20.2. The zero-order chi connectivity index (χ0) is 23.5. The van der Waals surface area contributed by atoms with E-state index in [0.29, 0.717) is 17.7 Å². The van der Waals surface area contributed by atoms with Gasteiger partial charge in [0.15, 0.2) is 5.76 Å². The lowest BCUT2D eigenvalue weighted by atomic mass is 9.84. The van der Waals surface area contributed by atoms with Gasteiger partial charge in [-0.2, -0.15) is 0 Å². The second-order valence-electron chi connectivity index (χ2n) is 9.72. The molecule has 5 rings (SSSR count). The molecule has 0 radical (unpaired) electrons. The number of ether oxygens (including phenoxy) is 1. The van der Waals surface area contributed by atoms with Crippen LogP contribution in [0.5, 0.6) is 5.75 Å². The first kappa shape index (κ1) is 22.7. The Hall–Kier alpha value is -3.05. The highest BCUT2D eigenvalue weighted by molar-refractivity contribution is 5.91. The number of carbonyl (C=O) groups is 1. The van der Waals surface area contributed by atoms with Crippen LogP contribution in [0.1, 0.15) is 40.1 Å². The zero-order valence-corrected chi connectivity index (χ0v) is 20.2. The Labute approximate surface area is 202 Å². The van der Waals surface area contributed by atoms with Gasteiger partial charge in [0, 0.05) is 19.1 Å².